The van der Waals surface area contributed by atoms with E-state index in [-0.39, 0.29) is 22.7 Å². The first-order valence-electron chi connectivity index (χ1n) is 3.88. The van der Waals surface area contributed by atoms with Crippen LogP contribution in [0.15, 0.2) is 6.07 Å². The molecule has 0 spiro atoms. The summed E-state index contributed by atoms with van der Waals surface area (Å²) in [5, 5.41) is 18.3. The minimum atomic E-state index is -1.15. The molecule has 0 heterocycles. The van der Waals surface area contributed by atoms with Gasteiger partial charge in [0.25, 0.3) is 0 Å². The van der Waals surface area contributed by atoms with Crippen LogP contribution in [0.2, 0.25) is 0 Å². The van der Waals surface area contributed by atoms with E-state index in [9.17, 15) is 9.90 Å². The average molecular weight is 197 g/mol. The van der Waals surface area contributed by atoms with Crippen LogP contribution < -0.4 is 10.5 Å². The summed E-state index contributed by atoms with van der Waals surface area (Å²) >= 11 is 0. The van der Waals surface area contributed by atoms with Gasteiger partial charge in [0.1, 0.15) is 0 Å². The van der Waals surface area contributed by atoms with Crippen LogP contribution in [-0.4, -0.2) is 23.3 Å². The standard InChI is InChI=1S/C9H11NO4/c1-4-7(10)5(9(12)13)3-6(14-2)8(4)11/h3,11H,10H2,1-2H3,(H,12,13). The van der Waals surface area contributed by atoms with Crippen molar-refractivity contribution in [3.05, 3.63) is 17.2 Å². The molecule has 1 aromatic carbocycles. The van der Waals surface area contributed by atoms with E-state index in [1.54, 1.807) is 0 Å². The Labute approximate surface area is 80.7 Å². The van der Waals surface area contributed by atoms with Crippen LogP contribution in [0.3, 0.4) is 0 Å². The van der Waals surface area contributed by atoms with Gasteiger partial charge < -0.3 is 20.7 Å². The van der Waals surface area contributed by atoms with E-state index in [0.29, 0.717) is 5.56 Å². The molecule has 5 heteroatoms. The maximum Gasteiger partial charge on any atom is 0.337 e. The van der Waals surface area contributed by atoms with Crippen molar-refractivity contribution in [2.45, 2.75) is 6.92 Å². The zero-order valence-electron chi connectivity index (χ0n) is 7.87. The minimum Gasteiger partial charge on any atom is -0.504 e. The van der Waals surface area contributed by atoms with Crippen LogP contribution >= 0.6 is 0 Å². The summed E-state index contributed by atoms with van der Waals surface area (Å²) < 4.78 is 4.80. The van der Waals surface area contributed by atoms with Crippen molar-refractivity contribution in [2.24, 2.45) is 0 Å². The van der Waals surface area contributed by atoms with E-state index < -0.39 is 5.97 Å². The molecule has 0 fully saturated rings. The van der Waals surface area contributed by atoms with E-state index in [1.807, 2.05) is 0 Å². The van der Waals surface area contributed by atoms with Crippen LogP contribution in [0.25, 0.3) is 0 Å². The topological polar surface area (TPSA) is 92.8 Å². The molecular weight excluding hydrogens is 186 g/mol. The second-order valence-electron chi connectivity index (χ2n) is 2.82. The van der Waals surface area contributed by atoms with Crippen LogP contribution in [0.1, 0.15) is 15.9 Å². The number of nitrogens with two attached hydrogens (primary N) is 1. The van der Waals surface area contributed by atoms with Crippen LogP contribution in [0, 0.1) is 6.92 Å². The summed E-state index contributed by atoms with van der Waals surface area (Å²) in [5.41, 5.74) is 5.80. The molecule has 14 heavy (non-hydrogen) atoms. The van der Waals surface area contributed by atoms with Crippen molar-refractivity contribution in [3.63, 3.8) is 0 Å². The van der Waals surface area contributed by atoms with Gasteiger partial charge in [0.05, 0.1) is 18.4 Å². The number of ether oxygens (including phenoxy) is 1. The number of aromatic hydroxyl groups is 1. The Bertz CT molecular complexity index is 387. The third kappa shape index (κ3) is 1.44. The van der Waals surface area contributed by atoms with Gasteiger partial charge in [0, 0.05) is 11.6 Å². The Balaban J connectivity index is 3.48. The van der Waals surface area contributed by atoms with Gasteiger partial charge >= 0.3 is 5.97 Å². The Hall–Kier alpha value is -1.91. The van der Waals surface area contributed by atoms with Gasteiger partial charge in [-0.15, -0.1) is 0 Å². The van der Waals surface area contributed by atoms with E-state index in [1.165, 1.54) is 20.1 Å². The van der Waals surface area contributed by atoms with E-state index in [4.69, 9.17) is 15.6 Å². The van der Waals surface area contributed by atoms with Crippen molar-refractivity contribution in [3.8, 4) is 11.5 Å². The summed E-state index contributed by atoms with van der Waals surface area (Å²) in [5.74, 6) is -1.17. The molecule has 1 rings (SSSR count). The number of carboxylic acids is 1. The maximum absolute atomic E-state index is 10.7. The fourth-order valence-electron chi connectivity index (χ4n) is 1.12. The summed E-state index contributed by atoms with van der Waals surface area (Å²) in [4.78, 5) is 10.7. The highest BCUT2D eigenvalue weighted by Gasteiger charge is 2.16. The van der Waals surface area contributed by atoms with Crippen molar-refractivity contribution in [2.75, 3.05) is 12.8 Å². The van der Waals surface area contributed by atoms with Gasteiger partial charge in [-0.25, -0.2) is 4.79 Å². The summed E-state index contributed by atoms with van der Waals surface area (Å²) in [7, 11) is 1.34. The van der Waals surface area contributed by atoms with Crippen molar-refractivity contribution < 1.29 is 19.7 Å². The molecule has 0 aromatic heterocycles. The van der Waals surface area contributed by atoms with Gasteiger partial charge in [-0.05, 0) is 6.92 Å². The molecule has 0 unspecified atom stereocenters. The molecule has 4 N–H and O–H groups in total. The second kappa shape index (κ2) is 3.45. The normalized spacial score (nSPS) is 9.86. The molecule has 0 radical (unpaired) electrons. The predicted molar refractivity (Wildman–Crippen MR) is 50.8 cm³/mol. The number of methoxy groups -OCH3 is 1. The highest BCUT2D eigenvalue weighted by atomic mass is 16.5. The fraction of sp³-hybridized carbons (Fsp3) is 0.222. The molecule has 1 aromatic rings. The van der Waals surface area contributed by atoms with Crippen molar-refractivity contribution in [1.82, 2.24) is 0 Å². The number of hydrogen-bond donors (Lipinski definition) is 3. The molecule has 0 amide bonds. The molecule has 5 nitrogen and oxygen atoms in total. The third-order valence-electron chi connectivity index (χ3n) is 2.01. The third-order valence-corrected chi connectivity index (χ3v) is 2.01. The average Bonchev–Trinajstić information content (AvgIpc) is 2.14. The summed E-state index contributed by atoms with van der Waals surface area (Å²) in [6.45, 7) is 1.53. The van der Waals surface area contributed by atoms with Gasteiger partial charge in [-0.1, -0.05) is 0 Å². The smallest absolute Gasteiger partial charge is 0.337 e. The number of carboxylic acid groups (broad SMARTS) is 1. The lowest BCUT2D eigenvalue weighted by atomic mass is 10.1. The first-order valence-corrected chi connectivity index (χ1v) is 3.88. The zero-order chi connectivity index (χ0) is 10.9. The molecule has 0 saturated carbocycles. The quantitative estimate of drug-likeness (QED) is 0.615. The van der Waals surface area contributed by atoms with Crippen molar-refractivity contribution in [1.29, 1.82) is 0 Å². The monoisotopic (exact) mass is 197 g/mol. The zero-order valence-corrected chi connectivity index (χ0v) is 7.87. The first-order chi connectivity index (χ1) is 6.49. The summed E-state index contributed by atoms with van der Waals surface area (Å²) in [6.07, 6.45) is 0. The van der Waals surface area contributed by atoms with E-state index in [2.05, 4.69) is 0 Å². The molecular formula is C9H11NO4. The van der Waals surface area contributed by atoms with Crippen molar-refractivity contribution >= 4 is 11.7 Å². The van der Waals surface area contributed by atoms with Gasteiger partial charge in [-0.2, -0.15) is 0 Å². The predicted octanol–water partition coefficient (Wildman–Crippen LogP) is 0.990. The number of carbonyl (C=O) groups is 1. The summed E-state index contributed by atoms with van der Waals surface area (Å²) in [6, 6.07) is 1.19. The Morgan fingerprint density at radius 2 is 2.14 bits per heavy atom. The number of rotatable bonds is 2. The lowest BCUT2D eigenvalue weighted by Gasteiger charge is -2.10. The molecule has 0 saturated heterocycles. The molecule has 0 aliphatic rings. The van der Waals surface area contributed by atoms with E-state index in [0.717, 1.165) is 0 Å². The number of anilines is 1. The number of hydrogen-bond acceptors (Lipinski definition) is 4. The fourth-order valence-corrected chi connectivity index (χ4v) is 1.12. The van der Waals surface area contributed by atoms with Gasteiger partial charge in [0.15, 0.2) is 11.5 Å². The highest BCUT2D eigenvalue weighted by Crippen LogP contribution is 2.35. The second-order valence-corrected chi connectivity index (χ2v) is 2.82. The molecule has 0 aliphatic carbocycles. The number of phenolic OH excluding ortho intramolecular Hbond substituents is 1. The molecule has 0 aliphatic heterocycles. The number of phenols is 1. The van der Waals surface area contributed by atoms with Crippen LogP contribution in [0.4, 0.5) is 5.69 Å². The Morgan fingerprint density at radius 3 is 2.57 bits per heavy atom. The van der Waals surface area contributed by atoms with E-state index >= 15 is 0 Å². The maximum atomic E-state index is 10.7. The molecule has 76 valence electrons. The largest absolute Gasteiger partial charge is 0.504 e. The lowest BCUT2D eigenvalue weighted by molar-refractivity contribution is 0.0697. The minimum absolute atomic E-state index is 0.0517. The Morgan fingerprint density at radius 1 is 1.57 bits per heavy atom. The van der Waals surface area contributed by atoms with Gasteiger partial charge in [-0.3, -0.25) is 0 Å². The number of nitrogen functional groups attached to an aromatic ring is 1. The first kappa shape index (κ1) is 10.2. The number of aromatic carboxylic acids is 1. The Kier molecular flexibility index (Phi) is 2.51. The van der Waals surface area contributed by atoms with Crippen LogP contribution in [-0.2, 0) is 0 Å². The SMILES string of the molecule is COc1cc(C(=O)O)c(N)c(C)c1O. The molecule has 0 bridgehead atoms. The molecule has 0 atom stereocenters. The lowest BCUT2D eigenvalue weighted by Crippen LogP contribution is -2.05. The van der Waals surface area contributed by atoms with Crippen LogP contribution in [0.5, 0.6) is 11.5 Å². The highest BCUT2D eigenvalue weighted by molar-refractivity contribution is 5.95. The number of benzene rings is 1. The van der Waals surface area contributed by atoms with Gasteiger partial charge in [0.2, 0.25) is 0 Å².